The third-order valence-electron chi connectivity index (χ3n) is 8.58. The molecule has 3 aliphatic rings. The summed E-state index contributed by atoms with van der Waals surface area (Å²) in [7, 11) is -9.06. The first-order chi connectivity index (χ1) is 19.5. The number of hydrogen-bond acceptors (Lipinski definition) is 10. The first kappa shape index (κ1) is 33.5. The number of nitrogens with one attached hydrogen (secondary N) is 1. The minimum Gasteiger partial charge on any atom is -0.460 e. The topological polar surface area (TPSA) is 138 Å². The molecule has 1 N–H and O–H groups in total. The fourth-order valence-corrected chi connectivity index (χ4v) is 18.9. The summed E-state index contributed by atoms with van der Waals surface area (Å²) in [5, 5.41) is 0.101. The molecule has 0 radical (unpaired) electrons. The number of ether oxygens (including phenoxy) is 2. The van der Waals surface area contributed by atoms with Gasteiger partial charge in [0.1, 0.15) is 12.2 Å². The molecule has 16 heteroatoms. The molecule has 0 saturated carbocycles. The van der Waals surface area contributed by atoms with Crippen molar-refractivity contribution in [3.8, 4) is 0 Å². The van der Waals surface area contributed by atoms with Gasteiger partial charge in [0, 0.05) is 25.4 Å². The molecule has 3 aliphatic heterocycles. The molecule has 3 fully saturated rings. The Morgan fingerprint density at radius 1 is 1.00 bits per heavy atom. The molecule has 0 bridgehead atoms. The van der Waals surface area contributed by atoms with Crippen molar-refractivity contribution in [2.24, 2.45) is 0 Å². The van der Waals surface area contributed by atoms with Crippen LogP contribution in [0.25, 0.3) is 0 Å². The Balaban J connectivity index is 1.79. The molecule has 12 nitrogen and oxygen atoms in total. The highest BCUT2D eigenvalue weighted by Gasteiger charge is 2.62. The lowest BCUT2D eigenvalue weighted by Gasteiger charge is -2.51. The maximum atomic E-state index is 13.0. The summed E-state index contributed by atoms with van der Waals surface area (Å²) in [6.07, 6.45) is -1.89. The zero-order chi connectivity index (χ0) is 31.2. The van der Waals surface area contributed by atoms with Gasteiger partial charge in [-0.1, -0.05) is 55.4 Å². The lowest BCUT2D eigenvalue weighted by molar-refractivity contribution is -0.0597. The number of aromatic nitrogens is 2. The average molecular weight is 664 g/mol. The van der Waals surface area contributed by atoms with Crippen LogP contribution < -0.4 is 11.2 Å². The van der Waals surface area contributed by atoms with Gasteiger partial charge < -0.3 is 27.3 Å². The number of sulfone groups is 1. The molecule has 0 spiro atoms. The molecule has 1 aromatic rings. The number of nitrogens with zero attached hydrogens (tertiary/aromatic N) is 2. The Hall–Kier alpha value is -1.41. The molecule has 238 valence electrons. The van der Waals surface area contributed by atoms with Gasteiger partial charge in [0.25, 0.3) is 10.7 Å². The van der Waals surface area contributed by atoms with Crippen LogP contribution in [-0.2, 0) is 32.3 Å². The molecule has 3 saturated heterocycles. The summed E-state index contributed by atoms with van der Waals surface area (Å²) in [5.74, 6) is -0.0584. The largest absolute Gasteiger partial charge is 0.460 e. The zero-order valence-corrected chi connectivity index (χ0v) is 29.3. The van der Waals surface area contributed by atoms with Crippen molar-refractivity contribution in [2.45, 2.75) is 102 Å². The highest BCUT2D eigenvalue weighted by atomic mass is 32.2. The number of hydrogen-bond donors (Lipinski definition) is 1. The molecule has 4 rings (SSSR count). The molecule has 0 aromatic carbocycles. The summed E-state index contributed by atoms with van der Waals surface area (Å²) in [5.41, 5.74) is -0.844. The molecular weight excluding hydrogens is 619 g/mol. The maximum absolute atomic E-state index is 13.0. The van der Waals surface area contributed by atoms with Crippen LogP contribution in [0, 0.1) is 0 Å². The number of thiocarbonyl (C=S) groups is 1. The fourth-order valence-electron chi connectivity index (χ4n) is 6.19. The van der Waals surface area contributed by atoms with Crippen LogP contribution in [0.5, 0.6) is 0 Å². The van der Waals surface area contributed by atoms with E-state index in [2.05, 4.69) is 60.4 Å². The van der Waals surface area contributed by atoms with Crippen molar-refractivity contribution in [3.05, 3.63) is 33.1 Å². The summed E-state index contributed by atoms with van der Waals surface area (Å²) in [6.45, 7) is 17.5. The highest BCUT2D eigenvalue weighted by Crippen LogP contribution is 2.48. The molecule has 42 heavy (non-hydrogen) atoms. The number of aromatic amines is 1. The van der Waals surface area contributed by atoms with Crippen LogP contribution in [0.15, 0.2) is 21.9 Å². The Morgan fingerprint density at radius 3 is 2.10 bits per heavy atom. The maximum Gasteiger partial charge on any atom is 0.335 e. The van der Waals surface area contributed by atoms with E-state index in [1.807, 2.05) is 0 Å². The number of fused-ring (bicyclic) bond motifs is 1. The van der Waals surface area contributed by atoms with Crippen LogP contribution in [0.3, 0.4) is 0 Å². The third-order valence-corrected chi connectivity index (χ3v) is 20.8. The molecule has 0 aliphatic carbocycles. The Kier molecular flexibility index (Phi) is 9.99. The summed E-state index contributed by atoms with van der Waals surface area (Å²) >= 11 is 5.67. The highest BCUT2D eigenvalue weighted by molar-refractivity contribution is 7.91. The normalized spacial score (nSPS) is 29.0. The van der Waals surface area contributed by atoms with Crippen molar-refractivity contribution in [1.29, 1.82) is 0 Å². The van der Waals surface area contributed by atoms with Gasteiger partial charge in [-0.3, -0.25) is 14.3 Å². The number of rotatable bonds is 6. The summed E-state index contributed by atoms with van der Waals surface area (Å²) in [6, 6.07) is 1.24. The first-order valence-electron chi connectivity index (χ1n) is 14.7. The van der Waals surface area contributed by atoms with Crippen LogP contribution in [0.2, 0.25) is 22.2 Å². The Morgan fingerprint density at radius 2 is 1.57 bits per heavy atom. The van der Waals surface area contributed by atoms with Crippen molar-refractivity contribution >= 4 is 44.4 Å². The van der Waals surface area contributed by atoms with Gasteiger partial charge in [0.05, 0.1) is 18.1 Å². The quantitative estimate of drug-likeness (QED) is 0.355. The van der Waals surface area contributed by atoms with E-state index in [0.29, 0.717) is 0 Å². The smallest absolute Gasteiger partial charge is 0.335 e. The molecule has 4 atom stereocenters. The van der Waals surface area contributed by atoms with Gasteiger partial charge in [-0.05, 0) is 34.4 Å². The molecular formula is C26H45N3O9S2Si2. The molecule has 4 heterocycles. The van der Waals surface area contributed by atoms with Gasteiger partial charge in [-0.15, -0.1) is 0 Å². The van der Waals surface area contributed by atoms with E-state index in [9.17, 15) is 18.0 Å². The van der Waals surface area contributed by atoms with Crippen molar-refractivity contribution in [1.82, 2.24) is 14.5 Å². The Labute approximate surface area is 255 Å². The van der Waals surface area contributed by atoms with E-state index >= 15 is 0 Å². The van der Waals surface area contributed by atoms with Gasteiger partial charge in [0.2, 0.25) is 0 Å². The SMILES string of the molecule is CC(C)[Si]1(C(C)C)OC[C@H]2O[C@@H](n3ccc(=O)[nH]c3=O)[C@@H](OC(=S)N3CCS(=O)(=O)CC3)C2O[Si](C(C)C)(C(C)C)O1. The summed E-state index contributed by atoms with van der Waals surface area (Å²) < 4.78 is 59.6. The summed E-state index contributed by atoms with van der Waals surface area (Å²) in [4.78, 5) is 28.9. The van der Waals surface area contributed by atoms with Crippen LogP contribution >= 0.6 is 12.2 Å². The van der Waals surface area contributed by atoms with E-state index < -0.39 is 62.7 Å². The second kappa shape index (κ2) is 12.5. The molecule has 1 unspecified atom stereocenters. The van der Waals surface area contributed by atoms with E-state index in [-0.39, 0.29) is 58.5 Å². The standard InChI is InChI=1S/C26H45N3O9S2Si2/c1-16(2)41(17(3)4)34-15-20-22(37-42(38-41,18(5)6)19(7)8)23(24(35-20)29-10-9-21(30)27-25(29)31)36-26(39)28-11-13-40(32,33)14-12-28/h9-10,16-20,22-24H,11-15H2,1-8H3,(H,27,30,31)/t20-,22?,23+,24-/m1/s1. The zero-order valence-electron chi connectivity index (χ0n) is 25.7. The average Bonchev–Trinajstić information content (AvgIpc) is 3.18. The predicted molar refractivity (Wildman–Crippen MR) is 167 cm³/mol. The monoisotopic (exact) mass is 663 g/mol. The van der Waals surface area contributed by atoms with Crippen molar-refractivity contribution < 1.29 is 30.9 Å². The second-order valence-electron chi connectivity index (χ2n) is 12.6. The van der Waals surface area contributed by atoms with Gasteiger partial charge >= 0.3 is 22.8 Å². The fraction of sp³-hybridized carbons (Fsp3) is 0.808. The van der Waals surface area contributed by atoms with E-state index in [1.165, 1.54) is 16.8 Å². The van der Waals surface area contributed by atoms with Crippen LogP contribution in [0.4, 0.5) is 0 Å². The molecule has 0 amide bonds. The van der Waals surface area contributed by atoms with Crippen molar-refractivity contribution in [3.63, 3.8) is 0 Å². The minimum atomic E-state index is -3.14. The predicted octanol–water partition coefficient (Wildman–Crippen LogP) is 2.79. The van der Waals surface area contributed by atoms with E-state index in [4.69, 9.17) is 34.7 Å². The minimum absolute atomic E-state index is 0.0292. The van der Waals surface area contributed by atoms with E-state index in [1.54, 1.807) is 4.90 Å². The lowest BCUT2D eigenvalue weighted by Crippen LogP contribution is -2.66. The number of H-pyrrole nitrogens is 1. The lowest BCUT2D eigenvalue weighted by atomic mass is 10.1. The van der Waals surface area contributed by atoms with Crippen molar-refractivity contribution in [2.75, 3.05) is 31.2 Å². The van der Waals surface area contributed by atoms with Gasteiger partial charge in [-0.2, -0.15) is 0 Å². The first-order valence-corrected chi connectivity index (χ1v) is 20.8. The molecule has 1 aromatic heterocycles. The second-order valence-corrected chi connectivity index (χ2v) is 24.1. The van der Waals surface area contributed by atoms with Gasteiger partial charge in [0.15, 0.2) is 22.2 Å². The van der Waals surface area contributed by atoms with E-state index in [0.717, 1.165) is 0 Å². The van der Waals surface area contributed by atoms with Gasteiger partial charge in [-0.25, -0.2) is 13.2 Å². The van der Waals surface area contributed by atoms with Crippen LogP contribution in [0.1, 0.15) is 61.6 Å². The Bertz CT molecular complexity index is 1330. The third kappa shape index (κ3) is 6.36. The van der Waals surface area contributed by atoms with Crippen LogP contribution in [-0.4, -0.2) is 94.7 Å².